The fraction of sp³-hybridized carbons (Fsp3) is 0.318. The highest BCUT2D eigenvalue weighted by Gasteiger charge is 2.21. The highest BCUT2D eigenvalue weighted by molar-refractivity contribution is 7.99. The number of anilines is 1. The van der Waals surface area contributed by atoms with Gasteiger partial charge in [0.15, 0.2) is 17.1 Å². The predicted molar refractivity (Wildman–Crippen MR) is 123 cm³/mol. The smallest absolute Gasteiger partial charge is 0.292 e. The molecule has 1 heterocycles. The molecule has 0 aliphatic carbocycles. The van der Waals surface area contributed by atoms with Crippen molar-refractivity contribution >= 4 is 29.0 Å². The lowest BCUT2D eigenvalue weighted by Gasteiger charge is -2.17. The van der Waals surface area contributed by atoms with Crippen LogP contribution in [-0.4, -0.2) is 31.3 Å². The third-order valence-corrected chi connectivity index (χ3v) is 5.96. The van der Waals surface area contributed by atoms with Crippen molar-refractivity contribution in [3.05, 3.63) is 69.5 Å². The van der Waals surface area contributed by atoms with Gasteiger partial charge in [0.25, 0.3) is 5.69 Å². The van der Waals surface area contributed by atoms with E-state index >= 15 is 0 Å². The Hall–Kier alpha value is -3.40. The van der Waals surface area contributed by atoms with Gasteiger partial charge in [-0.05, 0) is 51.0 Å². The van der Waals surface area contributed by atoms with Crippen molar-refractivity contribution in [1.29, 1.82) is 0 Å². The average molecular weight is 456 g/mol. The van der Waals surface area contributed by atoms with Crippen LogP contribution in [0.2, 0.25) is 0 Å². The van der Waals surface area contributed by atoms with E-state index in [1.54, 1.807) is 12.1 Å². The minimum Gasteiger partial charge on any atom is -0.482 e. The van der Waals surface area contributed by atoms with E-state index in [1.807, 2.05) is 50.5 Å². The number of carbonyl (C=O) groups is 1. The van der Waals surface area contributed by atoms with Gasteiger partial charge in [0.1, 0.15) is 11.4 Å². The number of nitrogens with zero attached hydrogens (tertiary/aromatic N) is 4. The van der Waals surface area contributed by atoms with Crippen molar-refractivity contribution in [2.75, 3.05) is 11.1 Å². The molecule has 3 rings (SSSR count). The molecular weight excluding hydrogens is 430 g/mol. The maximum Gasteiger partial charge on any atom is 0.292 e. The van der Waals surface area contributed by atoms with Crippen LogP contribution in [0.3, 0.4) is 0 Å². The largest absolute Gasteiger partial charge is 0.482 e. The van der Waals surface area contributed by atoms with Gasteiger partial charge in [-0.25, -0.2) is 0 Å². The van der Waals surface area contributed by atoms with Gasteiger partial charge >= 0.3 is 0 Å². The summed E-state index contributed by atoms with van der Waals surface area (Å²) in [6.45, 7) is 8.53. The van der Waals surface area contributed by atoms with Gasteiger partial charge in [-0.1, -0.05) is 36.0 Å². The van der Waals surface area contributed by atoms with E-state index < -0.39 is 4.92 Å². The quantitative estimate of drug-likeness (QED) is 0.283. The molecule has 0 fully saturated rings. The van der Waals surface area contributed by atoms with Crippen LogP contribution < -0.4 is 10.1 Å². The van der Waals surface area contributed by atoms with Crippen LogP contribution in [-0.2, 0) is 11.3 Å². The molecule has 32 heavy (non-hydrogen) atoms. The maximum absolute atomic E-state index is 12.4. The van der Waals surface area contributed by atoms with Crippen molar-refractivity contribution in [2.24, 2.45) is 0 Å². The van der Waals surface area contributed by atoms with Crippen LogP contribution >= 0.6 is 11.8 Å². The zero-order valence-corrected chi connectivity index (χ0v) is 19.2. The SMILES string of the molecule is CCn1c(SCC(=O)Nc2ccccc2[N+](=O)[O-])nnc1C(C)Oc1cccc(C)c1C. The Bertz CT molecular complexity index is 1130. The van der Waals surface area contributed by atoms with Crippen molar-refractivity contribution in [3.8, 4) is 5.75 Å². The van der Waals surface area contributed by atoms with Crippen molar-refractivity contribution in [2.45, 2.75) is 45.5 Å². The second-order valence-corrected chi connectivity index (χ2v) is 8.10. The molecule has 9 nitrogen and oxygen atoms in total. The van der Waals surface area contributed by atoms with E-state index in [-0.39, 0.29) is 29.1 Å². The molecule has 168 valence electrons. The van der Waals surface area contributed by atoms with E-state index in [1.165, 1.54) is 23.9 Å². The van der Waals surface area contributed by atoms with Crippen LogP contribution in [0.5, 0.6) is 5.75 Å². The summed E-state index contributed by atoms with van der Waals surface area (Å²) >= 11 is 1.22. The normalized spacial score (nSPS) is 11.8. The van der Waals surface area contributed by atoms with Crippen LogP contribution in [0.1, 0.15) is 36.9 Å². The summed E-state index contributed by atoms with van der Waals surface area (Å²) in [6, 6.07) is 11.9. The molecule has 1 atom stereocenters. The molecule has 0 spiro atoms. The monoisotopic (exact) mass is 455 g/mol. The summed E-state index contributed by atoms with van der Waals surface area (Å²) in [5.41, 5.74) is 2.23. The number of aromatic nitrogens is 3. The van der Waals surface area contributed by atoms with Crippen molar-refractivity contribution in [3.63, 3.8) is 0 Å². The first-order valence-electron chi connectivity index (χ1n) is 10.1. The third kappa shape index (κ3) is 5.25. The third-order valence-electron chi connectivity index (χ3n) is 4.99. The van der Waals surface area contributed by atoms with Gasteiger partial charge in [0.2, 0.25) is 5.91 Å². The van der Waals surface area contributed by atoms with Crippen LogP contribution in [0, 0.1) is 24.0 Å². The summed E-state index contributed by atoms with van der Waals surface area (Å²) in [6.07, 6.45) is -0.335. The van der Waals surface area contributed by atoms with Crippen LogP contribution in [0.15, 0.2) is 47.6 Å². The van der Waals surface area contributed by atoms with Crippen LogP contribution in [0.25, 0.3) is 0 Å². The number of rotatable bonds is 9. The molecule has 0 aliphatic heterocycles. The van der Waals surface area contributed by atoms with Gasteiger partial charge in [-0.2, -0.15) is 0 Å². The topological polar surface area (TPSA) is 112 Å². The molecule has 1 unspecified atom stereocenters. The molecule has 1 aromatic heterocycles. The van der Waals surface area contributed by atoms with E-state index in [2.05, 4.69) is 15.5 Å². The molecule has 0 radical (unpaired) electrons. The first-order chi connectivity index (χ1) is 15.3. The molecular formula is C22H25N5O4S. The number of para-hydroxylation sites is 2. The number of benzene rings is 2. The second kappa shape index (κ2) is 10.3. The number of nitro benzene ring substituents is 1. The summed E-state index contributed by atoms with van der Waals surface area (Å²) in [5, 5.41) is 22.8. The number of hydrogen-bond donors (Lipinski definition) is 1. The number of ether oxygens (including phenoxy) is 1. The number of nitrogens with one attached hydrogen (secondary N) is 1. The van der Waals surface area contributed by atoms with Gasteiger partial charge in [0.05, 0.1) is 10.7 Å². The Morgan fingerprint density at radius 1 is 1.22 bits per heavy atom. The molecule has 0 saturated carbocycles. The average Bonchev–Trinajstić information content (AvgIpc) is 3.19. The van der Waals surface area contributed by atoms with E-state index in [4.69, 9.17) is 4.74 Å². The molecule has 1 N–H and O–H groups in total. The predicted octanol–water partition coefficient (Wildman–Crippen LogP) is 4.69. The number of thioether (sulfide) groups is 1. The molecule has 3 aromatic rings. The van der Waals surface area contributed by atoms with Crippen LogP contribution in [0.4, 0.5) is 11.4 Å². The maximum atomic E-state index is 12.4. The lowest BCUT2D eigenvalue weighted by atomic mass is 10.1. The Morgan fingerprint density at radius 2 is 1.97 bits per heavy atom. The molecule has 0 aliphatic rings. The van der Waals surface area contributed by atoms with Gasteiger partial charge in [-0.15, -0.1) is 10.2 Å². The summed E-state index contributed by atoms with van der Waals surface area (Å²) in [4.78, 5) is 23.0. The number of aryl methyl sites for hydroxylation is 1. The zero-order chi connectivity index (χ0) is 23.3. The number of nitro groups is 1. The lowest BCUT2D eigenvalue weighted by Crippen LogP contribution is -2.16. The fourth-order valence-corrected chi connectivity index (χ4v) is 3.96. The Kier molecular flexibility index (Phi) is 7.47. The number of hydrogen-bond acceptors (Lipinski definition) is 7. The number of amides is 1. The first kappa shape index (κ1) is 23.3. The highest BCUT2D eigenvalue weighted by atomic mass is 32.2. The summed E-state index contributed by atoms with van der Waals surface area (Å²) < 4.78 is 8.03. The highest BCUT2D eigenvalue weighted by Crippen LogP contribution is 2.28. The Morgan fingerprint density at radius 3 is 2.69 bits per heavy atom. The zero-order valence-electron chi connectivity index (χ0n) is 18.4. The van der Waals surface area contributed by atoms with E-state index in [0.29, 0.717) is 17.5 Å². The molecule has 0 bridgehead atoms. The standard InChI is InChI=1S/C22H25N5O4S/c1-5-26-21(16(4)31-19-12-8-9-14(2)15(19)3)24-25-22(26)32-13-20(28)23-17-10-6-7-11-18(17)27(29)30/h6-12,16H,5,13H2,1-4H3,(H,23,28). The Balaban J connectivity index is 1.68. The summed E-state index contributed by atoms with van der Waals surface area (Å²) in [7, 11) is 0. The number of carbonyl (C=O) groups excluding carboxylic acids is 1. The molecule has 2 aromatic carbocycles. The summed E-state index contributed by atoms with van der Waals surface area (Å²) in [5.74, 6) is 1.13. The minimum atomic E-state index is -0.528. The lowest BCUT2D eigenvalue weighted by molar-refractivity contribution is -0.383. The van der Waals surface area contributed by atoms with Crippen molar-refractivity contribution in [1.82, 2.24) is 14.8 Å². The minimum absolute atomic E-state index is 0.0381. The van der Waals surface area contributed by atoms with E-state index in [0.717, 1.165) is 16.9 Å². The molecule has 0 saturated heterocycles. The van der Waals surface area contributed by atoms with Gasteiger partial charge in [-0.3, -0.25) is 14.9 Å². The molecule has 1 amide bonds. The second-order valence-electron chi connectivity index (χ2n) is 7.15. The Labute approximate surface area is 190 Å². The molecule has 10 heteroatoms. The van der Waals surface area contributed by atoms with Gasteiger partial charge < -0.3 is 14.6 Å². The first-order valence-corrected chi connectivity index (χ1v) is 11.1. The van der Waals surface area contributed by atoms with Gasteiger partial charge in [0, 0.05) is 12.6 Å². The van der Waals surface area contributed by atoms with Crippen molar-refractivity contribution < 1.29 is 14.5 Å². The fourth-order valence-electron chi connectivity index (χ4n) is 3.15. The van der Waals surface area contributed by atoms with E-state index in [9.17, 15) is 14.9 Å².